The number of rotatable bonds is 6. The van der Waals surface area contributed by atoms with Crippen molar-refractivity contribution < 1.29 is 14.3 Å². The van der Waals surface area contributed by atoms with Gasteiger partial charge >= 0.3 is 5.97 Å². The quantitative estimate of drug-likeness (QED) is 0.671. The average Bonchev–Trinajstić information content (AvgIpc) is 3.13. The van der Waals surface area contributed by atoms with Gasteiger partial charge in [-0.15, -0.1) is 21.5 Å². The predicted molar refractivity (Wildman–Crippen MR) is 98.3 cm³/mol. The maximum Gasteiger partial charge on any atom is 0.347 e. The van der Waals surface area contributed by atoms with Crippen molar-refractivity contribution in [3.05, 3.63) is 53.0 Å². The van der Waals surface area contributed by atoms with Crippen molar-refractivity contribution >= 4 is 23.1 Å². The van der Waals surface area contributed by atoms with Crippen LogP contribution in [0.1, 0.15) is 34.6 Å². The highest BCUT2D eigenvalue weighted by molar-refractivity contribution is 7.16. The Kier molecular flexibility index (Phi) is 4.53. The molecule has 3 heterocycles. The third-order valence-corrected chi connectivity index (χ3v) is 5.79. The van der Waals surface area contributed by atoms with Crippen LogP contribution in [0.15, 0.2) is 36.7 Å². The summed E-state index contributed by atoms with van der Waals surface area (Å²) in [6.45, 7) is 0.523. The molecule has 4 rings (SSSR count). The van der Waals surface area contributed by atoms with E-state index in [0.717, 1.165) is 30.6 Å². The van der Waals surface area contributed by atoms with Crippen LogP contribution in [0.5, 0.6) is 0 Å². The van der Waals surface area contributed by atoms with Crippen molar-refractivity contribution in [3.8, 4) is 10.7 Å². The van der Waals surface area contributed by atoms with Gasteiger partial charge in [0.05, 0.1) is 11.9 Å². The van der Waals surface area contributed by atoms with E-state index in [1.807, 2.05) is 0 Å². The second-order valence-corrected chi connectivity index (χ2v) is 7.49. The summed E-state index contributed by atoms with van der Waals surface area (Å²) in [5.74, 6) is -0.729. The molecule has 0 bridgehead atoms. The number of aromatic carboxylic acids is 1. The number of carbonyl (C=O) groups is 1. The first-order chi connectivity index (χ1) is 13.1. The molecule has 1 aliphatic rings. The molecule has 1 fully saturated rings. The highest BCUT2D eigenvalue weighted by Gasteiger charge is 2.41. The van der Waals surface area contributed by atoms with Crippen molar-refractivity contribution in [1.82, 2.24) is 20.2 Å². The second kappa shape index (κ2) is 6.99. The lowest BCUT2D eigenvalue weighted by molar-refractivity contribution is 0.0702. The van der Waals surface area contributed by atoms with Crippen molar-refractivity contribution in [2.45, 2.75) is 24.7 Å². The molecule has 0 amide bonds. The Morgan fingerprint density at radius 3 is 2.70 bits per heavy atom. The molecule has 0 atom stereocenters. The zero-order chi connectivity index (χ0) is 18.9. The number of hydrogen-bond acceptors (Lipinski definition) is 7. The zero-order valence-corrected chi connectivity index (χ0v) is 15.0. The number of aromatic nitrogens is 4. The fourth-order valence-corrected chi connectivity index (χ4v) is 3.89. The molecule has 2 N–H and O–H groups in total. The number of halogens is 1. The molecule has 9 heteroatoms. The van der Waals surface area contributed by atoms with Gasteiger partial charge in [-0.3, -0.25) is 4.98 Å². The molecule has 7 nitrogen and oxygen atoms in total. The molecule has 0 radical (unpaired) electrons. The Labute approximate surface area is 158 Å². The molecule has 0 saturated heterocycles. The lowest BCUT2D eigenvalue weighted by atomic mass is 9.66. The van der Waals surface area contributed by atoms with Crippen molar-refractivity contribution in [2.24, 2.45) is 0 Å². The van der Waals surface area contributed by atoms with E-state index in [1.165, 1.54) is 12.3 Å². The molecule has 0 aromatic carbocycles. The smallest absolute Gasteiger partial charge is 0.347 e. The van der Waals surface area contributed by atoms with Crippen LogP contribution >= 0.6 is 11.3 Å². The summed E-state index contributed by atoms with van der Waals surface area (Å²) in [6.07, 6.45) is 5.70. The van der Waals surface area contributed by atoms with E-state index in [4.69, 9.17) is 5.11 Å². The van der Waals surface area contributed by atoms with E-state index in [-0.39, 0.29) is 16.1 Å². The summed E-state index contributed by atoms with van der Waals surface area (Å²) in [7, 11) is 0. The molecule has 0 aliphatic heterocycles. The summed E-state index contributed by atoms with van der Waals surface area (Å²) in [5.41, 5.74) is 0.682. The predicted octanol–water partition coefficient (Wildman–Crippen LogP) is 3.37. The summed E-state index contributed by atoms with van der Waals surface area (Å²) in [5, 5.41) is 20.9. The third-order valence-electron chi connectivity index (χ3n) is 4.78. The maximum atomic E-state index is 14.2. The number of pyridine rings is 1. The van der Waals surface area contributed by atoms with E-state index in [2.05, 4.69) is 25.5 Å². The van der Waals surface area contributed by atoms with Crippen molar-refractivity contribution in [2.75, 3.05) is 11.9 Å². The number of nitrogens with zero attached hydrogens (tertiary/aromatic N) is 4. The molecule has 27 heavy (non-hydrogen) atoms. The average molecular weight is 385 g/mol. The zero-order valence-electron chi connectivity index (χ0n) is 14.2. The van der Waals surface area contributed by atoms with Gasteiger partial charge in [0, 0.05) is 18.2 Å². The van der Waals surface area contributed by atoms with Crippen LogP contribution in [0.2, 0.25) is 0 Å². The molecule has 3 aromatic heterocycles. The molecule has 138 valence electrons. The first-order valence-corrected chi connectivity index (χ1v) is 9.27. The third kappa shape index (κ3) is 3.37. The fourth-order valence-electron chi connectivity index (χ4n) is 3.17. The molecular weight excluding hydrogens is 369 g/mol. The van der Waals surface area contributed by atoms with Crippen LogP contribution in [-0.4, -0.2) is 37.8 Å². The number of carboxylic acids is 1. The molecule has 1 saturated carbocycles. The van der Waals surface area contributed by atoms with Crippen LogP contribution in [0.25, 0.3) is 10.7 Å². The molecule has 0 unspecified atom stereocenters. The lowest BCUT2D eigenvalue weighted by Crippen LogP contribution is -2.42. The number of nitrogens with one attached hydrogen (secondary N) is 1. The number of anilines is 1. The first-order valence-electron chi connectivity index (χ1n) is 8.45. The largest absolute Gasteiger partial charge is 0.477 e. The summed E-state index contributed by atoms with van der Waals surface area (Å²) in [6, 6.07) is 6.52. The number of hydrogen-bond donors (Lipinski definition) is 2. The minimum Gasteiger partial charge on any atom is -0.477 e. The Bertz CT molecular complexity index is 972. The SMILES string of the molecule is O=C(O)c1cnc(-c2ccc(NCC3(c4ncccc4F)CCC3)nn2)s1. The monoisotopic (exact) mass is 385 g/mol. The Morgan fingerprint density at radius 1 is 1.26 bits per heavy atom. The fraction of sp³-hybridized carbons (Fsp3) is 0.278. The van der Waals surface area contributed by atoms with Gasteiger partial charge in [-0.05, 0) is 37.1 Å². The molecule has 0 spiro atoms. The molecular formula is C18H16FN5O2S. The van der Waals surface area contributed by atoms with Crippen molar-refractivity contribution in [1.29, 1.82) is 0 Å². The minimum atomic E-state index is -1.02. The van der Waals surface area contributed by atoms with E-state index in [0.29, 0.717) is 28.8 Å². The Hall–Kier alpha value is -2.94. The van der Waals surface area contributed by atoms with Gasteiger partial charge < -0.3 is 10.4 Å². The first kappa shape index (κ1) is 17.5. The van der Waals surface area contributed by atoms with Crippen LogP contribution in [0, 0.1) is 5.82 Å². The van der Waals surface area contributed by atoms with Gasteiger partial charge in [0.1, 0.15) is 27.2 Å². The van der Waals surface area contributed by atoms with Crippen LogP contribution < -0.4 is 5.32 Å². The summed E-state index contributed by atoms with van der Waals surface area (Å²) < 4.78 is 14.2. The topological polar surface area (TPSA) is 101 Å². The number of carboxylic acid groups (broad SMARTS) is 1. The van der Waals surface area contributed by atoms with Crippen molar-refractivity contribution in [3.63, 3.8) is 0 Å². The molecule has 3 aromatic rings. The summed E-state index contributed by atoms with van der Waals surface area (Å²) >= 11 is 1.05. The Morgan fingerprint density at radius 2 is 2.11 bits per heavy atom. The second-order valence-electron chi connectivity index (χ2n) is 6.46. The van der Waals surface area contributed by atoms with Crippen LogP contribution in [0.4, 0.5) is 10.2 Å². The lowest BCUT2D eigenvalue weighted by Gasteiger charge is -2.41. The van der Waals surface area contributed by atoms with E-state index in [1.54, 1.807) is 24.4 Å². The summed E-state index contributed by atoms with van der Waals surface area (Å²) in [4.78, 5) is 19.4. The van der Waals surface area contributed by atoms with Gasteiger partial charge in [-0.25, -0.2) is 14.2 Å². The van der Waals surface area contributed by atoms with E-state index < -0.39 is 5.97 Å². The highest BCUT2D eigenvalue weighted by atomic mass is 32.1. The van der Waals surface area contributed by atoms with Crippen LogP contribution in [-0.2, 0) is 5.41 Å². The van der Waals surface area contributed by atoms with E-state index >= 15 is 0 Å². The normalized spacial score (nSPS) is 15.1. The maximum absolute atomic E-state index is 14.2. The van der Waals surface area contributed by atoms with Gasteiger partial charge in [0.15, 0.2) is 0 Å². The van der Waals surface area contributed by atoms with Gasteiger partial charge in [-0.2, -0.15) is 0 Å². The number of thiazole rings is 1. The van der Waals surface area contributed by atoms with Gasteiger partial charge in [0.2, 0.25) is 0 Å². The Balaban J connectivity index is 1.47. The van der Waals surface area contributed by atoms with E-state index in [9.17, 15) is 9.18 Å². The highest BCUT2D eigenvalue weighted by Crippen LogP contribution is 2.43. The minimum absolute atomic E-state index is 0.151. The van der Waals surface area contributed by atoms with Gasteiger partial charge in [0.25, 0.3) is 0 Å². The van der Waals surface area contributed by atoms with Crippen LogP contribution in [0.3, 0.4) is 0 Å². The molecule has 1 aliphatic carbocycles. The van der Waals surface area contributed by atoms with Gasteiger partial charge in [-0.1, -0.05) is 6.42 Å². The standard InChI is InChI=1S/C18H16FN5O2S/c19-11-3-1-8-20-15(11)18(6-2-7-18)10-22-14-5-4-12(23-24-14)16-21-9-13(27-16)17(25)26/h1,3-5,8-9H,2,6-7,10H2,(H,22,24)(H,25,26).